The van der Waals surface area contributed by atoms with Crippen LogP contribution in [0.25, 0.3) is 0 Å². The van der Waals surface area contributed by atoms with Crippen LogP contribution in [0.3, 0.4) is 0 Å². The average Bonchev–Trinajstić information content (AvgIpc) is 2.58. The van der Waals surface area contributed by atoms with Crippen molar-refractivity contribution in [2.45, 2.75) is 32.9 Å². The van der Waals surface area contributed by atoms with Crippen molar-refractivity contribution < 1.29 is 19.1 Å². The Bertz CT molecular complexity index is 519. The molecule has 2 rings (SSSR count). The zero-order valence-electron chi connectivity index (χ0n) is 12.0. The van der Waals surface area contributed by atoms with Gasteiger partial charge < -0.3 is 14.4 Å². The molecule has 1 amide bonds. The fourth-order valence-corrected chi connectivity index (χ4v) is 2.02. The normalized spacial score (nSPS) is 14.8. The Labute approximate surface area is 118 Å². The second-order valence-electron chi connectivity index (χ2n) is 5.69. The molecule has 1 heterocycles. The van der Waals surface area contributed by atoms with Gasteiger partial charge in [0.05, 0.1) is 13.1 Å². The molecule has 1 aromatic carbocycles. The number of ether oxygens (including phenoxy) is 2. The standard InChI is InChI=1S/C15H19NO4/c1-15(2,3)20-14(18)16-7-8-19-13-6-4-5-11(10-17)12(13)9-16/h4-6,10H,7-9H2,1-3H3. The third-order valence-corrected chi connectivity index (χ3v) is 2.92. The first-order valence-electron chi connectivity index (χ1n) is 6.58. The Kier molecular flexibility index (Phi) is 3.97. The minimum absolute atomic E-state index is 0.319. The van der Waals surface area contributed by atoms with E-state index in [0.29, 0.717) is 31.0 Å². The lowest BCUT2D eigenvalue weighted by molar-refractivity contribution is 0.0225. The summed E-state index contributed by atoms with van der Waals surface area (Å²) in [7, 11) is 0. The number of benzene rings is 1. The molecule has 0 N–H and O–H groups in total. The zero-order valence-corrected chi connectivity index (χ0v) is 12.0. The van der Waals surface area contributed by atoms with Crippen molar-refractivity contribution in [3.63, 3.8) is 0 Å². The Morgan fingerprint density at radius 2 is 2.15 bits per heavy atom. The third-order valence-electron chi connectivity index (χ3n) is 2.92. The number of amides is 1. The zero-order chi connectivity index (χ0) is 14.8. The lowest BCUT2D eigenvalue weighted by Crippen LogP contribution is -2.37. The van der Waals surface area contributed by atoms with Crippen LogP contribution in [0.15, 0.2) is 18.2 Å². The molecule has 0 aliphatic carbocycles. The highest BCUT2D eigenvalue weighted by Gasteiger charge is 2.26. The van der Waals surface area contributed by atoms with Gasteiger partial charge in [0.2, 0.25) is 0 Å². The third kappa shape index (κ3) is 3.29. The molecule has 0 atom stereocenters. The predicted octanol–water partition coefficient (Wildman–Crippen LogP) is 2.63. The Morgan fingerprint density at radius 3 is 2.80 bits per heavy atom. The summed E-state index contributed by atoms with van der Waals surface area (Å²) in [5.74, 6) is 0.653. The number of aldehydes is 1. The van der Waals surface area contributed by atoms with Crippen LogP contribution in [0, 0.1) is 0 Å². The Balaban J connectivity index is 2.23. The maximum Gasteiger partial charge on any atom is 0.410 e. The summed E-state index contributed by atoms with van der Waals surface area (Å²) >= 11 is 0. The lowest BCUT2D eigenvalue weighted by Gasteiger charge is -2.26. The van der Waals surface area contributed by atoms with Gasteiger partial charge in [-0.05, 0) is 26.8 Å². The van der Waals surface area contributed by atoms with Gasteiger partial charge >= 0.3 is 6.09 Å². The van der Waals surface area contributed by atoms with Crippen LogP contribution in [0.2, 0.25) is 0 Å². The monoisotopic (exact) mass is 277 g/mol. The second-order valence-corrected chi connectivity index (χ2v) is 5.69. The fourth-order valence-electron chi connectivity index (χ4n) is 2.02. The van der Waals surface area contributed by atoms with Gasteiger partial charge in [0.25, 0.3) is 0 Å². The van der Waals surface area contributed by atoms with E-state index in [1.54, 1.807) is 23.1 Å². The van der Waals surface area contributed by atoms with Gasteiger partial charge in [-0.1, -0.05) is 12.1 Å². The molecule has 108 valence electrons. The molecule has 0 spiro atoms. The summed E-state index contributed by atoms with van der Waals surface area (Å²) in [6.07, 6.45) is 0.385. The Morgan fingerprint density at radius 1 is 1.40 bits per heavy atom. The van der Waals surface area contributed by atoms with Crippen molar-refractivity contribution in [1.82, 2.24) is 4.90 Å². The van der Waals surface area contributed by atoms with E-state index in [0.717, 1.165) is 11.8 Å². The Hall–Kier alpha value is -2.04. The van der Waals surface area contributed by atoms with Crippen molar-refractivity contribution >= 4 is 12.4 Å². The molecular formula is C15H19NO4. The van der Waals surface area contributed by atoms with E-state index in [4.69, 9.17) is 9.47 Å². The quantitative estimate of drug-likeness (QED) is 0.740. The molecule has 1 aromatic rings. The summed E-state index contributed by atoms with van der Waals surface area (Å²) in [4.78, 5) is 24.8. The van der Waals surface area contributed by atoms with E-state index >= 15 is 0 Å². The molecule has 0 saturated heterocycles. The van der Waals surface area contributed by atoms with E-state index in [9.17, 15) is 9.59 Å². The van der Waals surface area contributed by atoms with Gasteiger partial charge in [0.15, 0.2) is 6.29 Å². The van der Waals surface area contributed by atoms with Crippen molar-refractivity contribution in [3.05, 3.63) is 29.3 Å². The molecule has 0 unspecified atom stereocenters. The predicted molar refractivity (Wildman–Crippen MR) is 74.0 cm³/mol. The van der Waals surface area contributed by atoms with E-state index in [2.05, 4.69) is 0 Å². The van der Waals surface area contributed by atoms with E-state index in [1.807, 2.05) is 20.8 Å². The molecule has 1 aliphatic heterocycles. The first kappa shape index (κ1) is 14.4. The number of rotatable bonds is 1. The van der Waals surface area contributed by atoms with Crippen LogP contribution in [0.5, 0.6) is 5.75 Å². The van der Waals surface area contributed by atoms with Gasteiger partial charge in [-0.3, -0.25) is 4.79 Å². The van der Waals surface area contributed by atoms with Gasteiger partial charge in [0.1, 0.15) is 18.0 Å². The SMILES string of the molecule is CC(C)(C)OC(=O)N1CCOc2cccc(C=O)c2C1. The molecule has 0 aromatic heterocycles. The summed E-state index contributed by atoms with van der Waals surface area (Å²) in [6.45, 7) is 6.60. The minimum atomic E-state index is -0.544. The van der Waals surface area contributed by atoms with Crippen molar-refractivity contribution in [2.75, 3.05) is 13.2 Å². The van der Waals surface area contributed by atoms with Gasteiger partial charge in [-0.15, -0.1) is 0 Å². The smallest absolute Gasteiger partial charge is 0.410 e. The van der Waals surface area contributed by atoms with Gasteiger partial charge in [0, 0.05) is 11.1 Å². The van der Waals surface area contributed by atoms with E-state index in [-0.39, 0.29) is 0 Å². The number of hydrogen-bond donors (Lipinski definition) is 0. The molecule has 0 fully saturated rings. The maximum atomic E-state index is 12.1. The van der Waals surface area contributed by atoms with E-state index < -0.39 is 11.7 Å². The topological polar surface area (TPSA) is 55.8 Å². The lowest BCUT2D eigenvalue weighted by atomic mass is 10.1. The van der Waals surface area contributed by atoms with Crippen LogP contribution >= 0.6 is 0 Å². The number of nitrogens with zero attached hydrogens (tertiary/aromatic N) is 1. The number of hydrogen-bond acceptors (Lipinski definition) is 4. The fraction of sp³-hybridized carbons (Fsp3) is 0.467. The van der Waals surface area contributed by atoms with Crippen molar-refractivity contribution in [3.8, 4) is 5.75 Å². The molecule has 5 nitrogen and oxygen atoms in total. The van der Waals surface area contributed by atoms with Gasteiger partial charge in [-0.2, -0.15) is 0 Å². The highest BCUT2D eigenvalue weighted by molar-refractivity contribution is 5.79. The summed E-state index contributed by atoms with van der Waals surface area (Å²) in [5, 5.41) is 0. The van der Waals surface area contributed by atoms with Crippen LogP contribution in [-0.2, 0) is 11.3 Å². The van der Waals surface area contributed by atoms with Crippen LogP contribution in [0.1, 0.15) is 36.7 Å². The molecule has 0 bridgehead atoms. The van der Waals surface area contributed by atoms with Crippen LogP contribution in [-0.4, -0.2) is 36.0 Å². The highest BCUT2D eigenvalue weighted by atomic mass is 16.6. The maximum absolute atomic E-state index is 12.1. The minimum Gasteiger partial charge on any atom is -0.491 e. The molecule has 20 heavy (non-hydrogen) atoms. The molecule has 0 radical (unpaired) electrons. The highest BCUT2D eigenvalue weighted by Crippen LogP contribution is 2.26. The summed E-state index contributed by atoms with van der Waals surface area (Å²) < 4.78 is 11.0. The summed E-state index contributed by atoms with van der Waals surface area (Å²) in [6, 6.07) is 5.29. The molecule has 1 aliphatic rings. The van der Waals surface area contributed by atoms with Crippen LogP contribution < -0.4 is 4.74 Å². The molecule has 0 saturated carbocycles. The number of fused-ring (bicyclic) bond motifs is 1. The van der Waals surface area contributed by atoms with Gasteiger partial charge in [-0.25, -0.2) is 4.79 Å². The molecule has 5 heteroatoms. The average molecular weight is 277 g/mol. The largest absolute Gasteiger partial charge is 0.491 e. The summed E-state index contributed by atoms with van der Waals surface area (Å²) in [5.41, 5.74) is 0.723. The van der Waals surface area contributed by atoms with E-state index in [1.165, 1.54) is 0 Å². The van der Waals surface area contributed by atoms with Crippen molar-refractivity contribution in [1.29, 1.82) is 0 Å². The molecular weight excluding hydrogens is 258 g/mol. The van der Waals surface area contributed by atoms with Crippen molar-refractivity contribution in [2.24, 2.45) is 0 Å². The first-order chi connectivity index (χ1) is 9.40. The first-order valence-corrected chi connectivity index (χ1v) is 6.58. The van der Waals surface area contributed by atoms with Crippen LogP contribution in [0.4, 0.5) is 4.79 Å². The number of carbonyl (C=O) groups excluding carboxylic acids is 2. The number of carbonyl (C=O) groups is 2. The second kappa shape index (κ2) is 5.53.